The largest absolute Gasteiger partial charge is 0.338 e. The summed E-state index contributed by atoms with van der Waals surface area (Å²) in [6, 6.07) is 34.3. The molecule has 0 saturated heterocycles. The van der Waals surface area contributed by atoms with Crippen molar-refractivity contribution in [3.05, 3.63) is 162 Å². The molecule has 1 saturated carbocycles. The molecule has 61 heavy (non-hydrogen) atoms. The van der Waals surface area contributed by atoms with E-state index in [1.807, 2.05) is 0 Å². The molecule has 0 amide bonds. The summed E-state index contributed by atoms with van der Waals surface area (Å²) in [5, 5.41) is 4.18. The molecule has 1 fully saturated rings. The quantitative estimate of drug-likeness (QED) is 0.159. The molecule has 4 unspecified atom stereocenters. The van der Waals surface area contributed by atoms with Gasteiger partial charge in [0.1, 0.15) is 0 Å². The Kier molecular flexibility index (Phi) is 6.36. The van der Waals surface area contributed by atoms with Gasteiger partial charge < -0.3 is 14.0 Å². The monoisotopic (exact) mass is 783 g/mol. The average Bonchev–Trinajstić information content (AvgIpc) is 3.99. The van der Waals surface area contributed by atoms with Crippen LogP contribution in [0.3, 0.4) is 0 Å². The number of allylic oxidation sites excluding steroid dienone is 9. The lowest BCUT2D eigenvalue weighted by atomic mass is 9.32. The Morgan fingerprint density at radius 3 is 2.44 bits per heavy atom. The molecule has 0 bridgehead atoms. The number of anilines is 1. The van der Waals surface area contributed by atoms with Crippen LogP contribution >= 0.6 is 0 Å². The molecular formula is C56H47B2N3. The second kappa shape index (κ2) is 11.5. The molecule has 0 N–H and O–H groups in total. The average molecular weight is 784 g/mol. The number of nitrogens with zero attached hydrogens (tertiary/aromatic N) is 3. The summed E-state index contributed by atoms with van der Waals surface area (Å²) in [5.74, 6) is 0.846. The van der Waals surface area contributed by atoms with Crippen LogP contribution in [0.15, 0.2) is 139 Å². The van der Waals surface area contributed by atoms with Gasteiger partial charge in [0, 0.05) is 61.5 Å². The van der Waals surface area contributed by atoms with Gasteiger partial charge in [-0.25, -0.2) is 0 Å². The summed E-state index contributed by atoms with van der Waals surface area (Å²) < 4.78 is 5.47. The molecule has 3 nitrogen and oxygen atoms in total. The number of hydrogen-bond donors (Lipinski definition) is 0. The van der Waals surface area contributed by atoms with Crippen molar-refractivity contribution in [1.29, 1.82) is 0 Å². The molecule has 8 aliphatic rings. The fraction of sp³-hybridized carbons (Fsp3) is 0.250. The molecular weight excluding hydrogens is 736 g/mol. The van der Waals surface area contributed by atoms with Gasteiger partial charge in [0.15, 0.2) is 0 Å². The van der Waals surface area contributed by atoms with Crippen LogP contribution < -0.4 is 32.2 Å². The maximum absolute atomic E-state index is 2.86. The molecule has 2 aromatic heterocycles. The van der Waals surface area contributed by atoms with Crippen LogP contribution in [0.25, 0.3) is 50.2 Å². The lowest BCUT2D eigenvalue weighted by molar-refractivity contribution is 0.190. The van der Waals surface area contributed by atoms with Crippen LogP contribution in [0.2, 0.25) is 5.82 Å². The molecule has 6 heterocycles. The van der Waals surface area contributed by atoms with E-state index in [2.05, 4.69) is 167 Å². The maximum atomic E-state index is 2.86. The molecule has 4 aliphatic heterocycles. The third-order valence-corrected chi connectivity index (χ3v) is 17.5. The summed E-state index contributed by atoms with van der Waals surface area (Å²) in [6.07, 6.45) is 30.8. The molecule has 4 atom stereocenters. The highest BCUT2D eigenvalue weighted by molar-refractivity contribution is 7.00. The highest BCUT2D eigenvalue weighted by Gasteiger charge is 2.59. The third-order valence-electron chi connectivity index (χ3n) is 17.5. The normalized spacial score (nSPS) is 25.5. The number of fused-ring (bicyclic) bond motifs is 18. The van der Waals surface area contributed by atoms with Crippen LogP contribution in [-0.2, 0) is 11.8 Å². The number of benzene rings is 5. The van der Waals surface area contributed by atoms with Crippen molar-refractivity contribution < 1.29 is 0 Å². The van der Waals surface area contributed by atoms with Gasteiger partial charge in [-0.3, -0.25) is 0 Å². The summed E-state index contributed by atoms with van der Waals surface area (Å²) >= 11 is 0. The SMILES string of the molecule is CC12CCCCC1(C)N(C1=CC=CCC1)c1cc3c(cc12)-n1c2ccccc2c2cc4c5c(n6c4c(c21)B3c1ccc(B2c3ccccc3C3C=CC=CC23)cc1-6)CCC=C5. The third kappa shape index (κ3) is 3.93. The van der Waals surface area contributed by atoms with Crippen LogP contribution in [0.5, 0.6) is 0 Å². The first-order valence-corrected chi connectivity index (χ1v) is 23.3. The fourth-order valence-corrected chi connectivity index (χ4v) is 14.7. The Morgan fingerprint density at radius 1 is 0.672 bits per heavy atom. The van der Waals surface area contributed by atoms with E-state index >= 15 is 0 Å². The number of aromatic nitrogens is 2. The van der Waals surface area contributed by atoms with Crippen molar-refractivity contribution in [3.8, 4) is 11.4 Å². The first-order chi connectivity index (χ1) is 30.0. The van der Waals surface area contributed by atoms with Crippen molar-refractivity contribution >= 4 is 85.2 Å². The van der Waals surface area contributed by atoms with Gasteiger partial charge in [-0.05, 0) is 115 Å². The standard InChI is InChI=1S/C56H47B2N3/c1-55-28-14-15-29-56(55,2)61(35-16-4-3-5-17-35)49-33-46-51(32-42(49)55)60-48-25-13-9-21-39(48)41-31-40-38-20-8-12-24-47(38)59-50-30-34(26-27-45(50)58(46)52(53(40)59)54(41)60)57-43-22-10-6-18-36(43)37-19-7-11-23-44(37)57/h3-4,6-11,13,16,18-23,25-27,30-33,36,43H,5,12,14-15,17,24,28-29H2,1-2H3. The number of rotatable bonds is 2. The number of hydrogen-bond acceptors (Lipinski definition) is 1. The van der Waals surface area contributed by atoms with E-state index in [0.717, 1.165) is 25.7 Å². The van der Waals surface area contributed by atoms with Gasteiger partial charge >= 0.3 is 0 Å². The fourth-order valence-electron chi connectivity index (χ4n) is 14.7. The minimum Gasteiger partial charge on any atom is -0.338 e. The van der Waals surface area contributed by atoms with E-state index in [1.54, 1.807) is 5.56 Å². The molecule has 5 heteroatoms. The molecule has 0 spiro atoms. The molecule has 0 radical (unpaired) electrons. The Morgan fingerprint density at radius 2 is 1.51 bits per heavy atom. The topological polar surface area (TPSA) is 13.1 Å². The molecule has 4 aliphatic carbocycles. The van der Waals surface area contributed by atoms with E-state index in [0.29, 0.717) is 18.4 Å². The van der Waals surface area contributed by atoms with Gasteiger partial charge in [0.2, 0.25) is 6.71 Å². The Hall–Kier alpha value is -5.93. The lowest BCUT2D eigenvalue weighted by Crippen LogP contribution is -2.60. The smallest absolute Gasteiger partial charge is 0.252 e. The first-order valence-electron chi connectivity index (χ1n) is 23.3. The zero-order chi connectivity index (χ0) is 39.9. The van der Waals surface area contributed by atoms with Crippen LogP contribution in [0.4, 0.5) is 5.69 Å². The van der Waals surface area contributed by atoms with Crippen LogP contribution in [0, 0.1) is 0 Å². The molecule has 5 aromatic carbocycles. The molecule has 292 valence electrons. The lowest BCUT2D eigenvalue weighted by Gasteiger charge is -2.51. The van der Waals surface area contributed by atoms with Gasteiger partial charge in [0.05, 0.1) is 22.1 Å². The minimum atomic E-state index is 0.0282. The van der Waals surface area contributed by atoms with E-state index in [1.165, 1.54) is 125 Å². The Bertz CT molecular complexity index is 3350. The number of para-hydroxylation sites is 1. The molecule has 15 rings (SSSR count). The van der Waals surface area contributed by atoms with Gasteiger partial charge in [0.25, 0.3) is 6.71 Å². The summed E-state index contributed by atoms with van der Waals surface area (Å²) in [7, 11) is 0. The van der Waals surface area contributed by atoms with Crippen LogP contribution in [0.1, 0.15) is 87.1 Å². The van der Waals surface area contributed by atoms with E-state index < -0.39 is 0 Å². The van der Waals surface area contributed by atoms with E-state index in [4.69, 9.17) is 0 Å². The molecule has 7 aromatic rings. The predicted molar refractivity (Wildman–Crippen MR) is 259 cm³/mol. The van der Waals surface area contributed by atoms with Crippen molar-refractivity contribution in [1.82, 2.24) is 9.13 Å². The van der Waals surface area contributed by atoms with Crippen molar-refractivity contribution in [2.24, 2.45) is 0 Å². The van der Waals surface area contributed by atoms with Crippen molar-refractivity contribution in [2.75, 3.05) is 4.90 Å². The highest BCUT2D eigenvalue weighted by Crippen LogP contribution is 2.60. The Labute approximate surface area is 358 Å². The van der Waals surface area contributed by atoms with Gasteiger partial charge in [-0.1, -0.05) is 134 Å². The summed E-state index contributed by atoms with van der Waals surface area (Å²) in [5.41, 5.74) is 23.3. The van der Waals surface area contributed by atoms with E-state index in [9.17, 15) is 0 Å². The van der Waals surface area contributed by atoms with Gasteiger partial charge in [-0.2, -0.15) is 0 Å². The summed E-state index contributed by atoms with van der Waals surface area (Å²) in [6.45, 7) is 5.66. The Balaban J connectivity index is 1.07. The van der Waals surface area contributed by atoms with Crippen molar-refractivity contribution in [2.45, 2.75) is 87.9 Å². The van der Waals surface area contributed by atoms with Crippen molar-refractivity contribution in [3.63, 3.8) is 0 Å². The zero-order valence-corrected chi connectivity index (χ0v) is 35.1. The first kappa shape index (κ1) is 33.7. The minimum absolute atomic E-state index is 0.0282. The second-order valence-electron chi connectivity index (χ2n) is 20.0. The predicted octanol–water partition coefficient (Wildman–Crippen LogP) is 9.68. The van der Waals surface area contributed by atoms with Gasteiger partial charge in [-0.15, -0.1) is 0 Å². The highest BCUT2D eigenvalue weighted by atomic mass is 15.3. The van der Waals surface area contributed by atoms with Crippen LogP contribution in [-0.4, -0.2) is 28.1 Å². The zero-order valence-electron chi connectivity index (χ0n) is 35.1. The maximum Gasteiger partial charge on any atom is 0.252 e. The van der Waals surface area contributed by atoms with E-state index in [-0.39, 0.29) is 17.7 Å². The summed E-state index contributed by atoms with van der Waals surface area (Å²) in [4.78, 5) is 2.86. The second-order valence-corrected chi connectivity index (χ2v) is 20.0.